The summed E-state index contributed by atoms with van der Waals surface area (Å²) in [5, 5.41) is 10.8. The van der Waals surface area contributed by atoms with Gasteiger partial charge in [0.2, 0.25) is 0 Å². The SMILES string of the molecule is CC(C)Oc1cccc(-c2nc3ccc([N+](=O)[O-])cc3[nH]2)c1. The van der Waals surface area contributed by atoms with Crippen LogP contribution < -0.4 is 4.74 Å². The number of imidazole rings is 1. The Balaban J connectivity index is 2.01. The van der Waals surface area contributed by atoms with Crippen molar-refractivity contribution in [3.8, 4) is 17.1 Å². The third-order valence-electron chi connectivity index (χ3n) is 3.16. The highest BCUT2D eigenvalue weighted by Crippen LogP contribution is 2.26. The van der Waals surface area contributed by atoms with Crippen LogP contribution in [0.4, 0.5) is 5.69 Å². The first-order chi connectivity index (χ1) is 10.5. The topological polar surface area (TPSA) is 81.1 Å². The van der Waals surface area contributed by atoms with Crippen LogP contribution in [0.3, 0.4) is 0 Å². The Labute approximate surface area is 126 Å². The van der Waals surface area contributed by atoms with Gasteiger partial charge in [0.25, 0.3) is 5.69 Å². The number of hydrogen-bond donors (Lipinski definition) is 1. The van der Waals surface area contributed by atoms with Gasteiger partial charge in [0.05, 0.1) is 22.1 Å². The average Bonchev–Trinajstić information content (AvgIpc) is 2.89. The minimum absolute atomic E-state index is 0.0413. The number of hydrogen-bond acceptors (Lipinski definition) is 4. The zero-order valence-corrected chi connectivity index (χ0v) is 12.2. The molecule has 0 aliphatic rings. The second kappa shape index (κ2) is 5.48. The van der Waals surface area contributed by atoms with Gasteiger partial charge in [-0.2, -0.15) is 0 Å². The third kappa shape index (κ3) is 2.76. The van der Waals surface area contributed by atoms with Crippen molar-refractivity contribution >= 4 is 16.7 Å². The van der Waals surface area contributed by atoms with Crippen molar-refractivity contribution in [3.05, 3.63) is 52.6 Å². The summed E-state index contributed by atoms with van der Waals surface area (Å²) in [5.41, 5.74) is 2.24. The van der Waals surface area contributed by atoms with Gasteiger partial charge in [-0.15, -0.1) is 0 Å². The number of nitro groups is 1. The fourth-order valence-electron chi connectivity index (χ4n) is 2.24. The van der Waals surface area contributed by atoms with E-state index in [1.54, 1.807) is 6.07 Å². The minimum Gasteiger partial charge on any atom is -0.491 e. The molecule has 0 bridgehead atoms. The summed E-state index contributed by atoms with van der Waals surface area (Å²) in [6.45, 7) is 3.93. The molecule has 3 rings (SSSR count). The Hall–Kier alpha value is -2.89. The molecule has 22 heavy (non-hydrogen) atoms. The van der Waals surface area contributed by atoms with Gasteiger partial charge in [0, 0.05) is 17.7 Å². The maximum Gasteiger partial charge on any atom is 0.271 e. The van der Waals surface area contributed by atoms with Crippen LogP contribution >= 0.6 is 0 Å². The molecule has 112 valence electrons. The van der Waals surface area contributed by atoms with Gasteiger partial charge in [-0.3, -0.25) is 10.1 Å². The number of rotatable bonds is 4. The molecular weight excluding hydrogens is 282 g/mol. The fraction of sp³-hybridized carbons (Fsp3) is 0.188. The van der Waals surface area contributed by atoms with E-state index in [1.165, 1.54) is 12.1 Å². The van der Waals surface area contributed by atoms with E-state index in [9.17, 15) is 10.1 Å². The van der Waals surface area contributed by atoms with Crippen LogP contribution in [0, 0.1) is 10.1 Å². The molecule has 3 aromatic rings. The van der Waals surface area contributed by atoms with E-state index >= 15 is 0 Å². The zero-order valence-electron chi connectivity index (χ0n) is 12.2. The summed E-state index contributed by atoms with van der Waals surface area (Å²) in [5.74, 6) is 1.42. The highest BCUT2D eigenvalue weighted by atomic mass is 16.6. The van der Waals surface area contributed by atoms with Crippen LogP contribution in [0.25, 0.3) is 22.4 Å². The van der Waals surface area contributed by atoms with E-state index in [-0.39, 0.29) is 11.8 Å². The number of nitrogens with one attached hydrogen (secondary N) is 1. The van der Waals surface area contributed by atoms with Gasteiger partial charge in [-0.25, -0.2) is 4.98 Å². The predicted octanol–water partition coefficient (Wildman–Crippen LogP) is 3.93. The summed E-state index contributed by atoms with van der Waals surface area (Å²) in [6, 6.07) is 12.2. The summed E-state index contributed by atoms with van der Waals surface area (Å²) in [6.07, 6.45) is 0.0913. The predicted molar refractivity (Wildman–Crippen MR) is 83.9 cm³/mol. The summed E-state index contributed by atoms with van der Waals surface area (Å²) >= 11 is 0. The van der Waals surface area contributed by atoms with Crippen LogP contribution in [-0.4, -0.2) is 21.0 Å². The largest absolute Gasteiger partial charge is 0.491 e. The Morgan fingerprint density at radius 3 is 2.77 bits per heavy atom. The van der Waals surface area contributed by atoms with Crippen molar-refractivity contribution in [1.29, 1.82) is 0 Å². The number of nitrogens with zero attached hydrogens (tertiary/aromatic N) is 2. The smallest absolute Gasteiger partial charge is 0.271 e. The van der Waals surface area contributed by atoms with Crippen LogP contribution in [0.15, 0.2) is 42.5 Å². The fourth-order valence-corrected chi connectivity index (χ4v) is 2.24. The summed E-state index contributed by atoms with van der Waals surface area (Å²) in [4.78, 5) is 18.0. The number of H-pyrrole nitrogens is 1. The molecule has 0 fully saturated rings. The first-order valence-electron chi connectivity index (χ1n) is 6.94. The Morgan fingerprint density at radius 1 is 1.23 bits per heavy atom. The van der Waals surface area contributed by atoms with Crippen molar-refractivity contribution in [2.24, 2.45) is 0 Å². The molecule has 0 aliphatic heterocycles. The van der Waals surface area contributed by atoms with E-state index in [2.05, 4.69) is 9.97 Å². The van der Waals surface area contributed by atoms with Crippen molar-refractivity contribution < 1.29 is 9.66 Å². The molecule has 0 radical (unpaired) electrons. The first kappa shape index (κ1) is 14.1. The average molecular weight is 297 g/mol. The van der Waals surface area contributed by atoms with Crippen molar-refractivity contribution in [3.63, 3.8) is 0 Å². The molecule has 0 saturated heterocycles. The number of aromatic nitrogens is 2. The third-order valence-corrected chi connectivity index (χ3v) is 3.16. The highest BCUT2D eigenvalue weighted by Gasteiger charge is 2.11. The zero-order chi connectivity index (χ0) is 15.7. The standard InChI is InChI=1S/C16H15N3O3/c1-10(2)22-13-5-3-4-11(8-13)16-17-14-7-6-12(19(20)21)9-15(14)18-16/h3-10H,1-2H3,(H,17,18). The van der Waals surface area contributed by atoms with Crippen LogP contribution in [-0.2, 0) is 0 Å². The van der Waals surface area contributed by atoms with E-state index in [0.717, 1.165) is 11.3 Å². The number of fused-ring (bicyclic) bond motifs is 1. The molecule has 6 nitrogen and oxygen atoms in total. The van der Waals surface area contributed by atoms with Gasteiger partial charge in [-0.1, -0.05) is 12.1 Å². The normalized spacial score (nSPS) is 11.0. The molecule has 0 unspecified atom stereocenters. The van der Waals surface area contributed by atoms with Crippen LogP contribution in [0.1, 0.15) is 13.8 Å². The van der Waals surface area contributed by atoms with Gasteiger partial charge in [0.1, 0.15) is 11.6 Å². The Kier molecular flexibility index (Phi) is 3.50. The van der Waals surface area contributed by atoms with E-state index in [0.29, 0.717) is 16.9 Å². The lowest BCUT2D eigenvalue weighted by atomic mass is 10.2. The maximum absolute atomic E-state index is 10.8. The second-order valence-electron chi connectivity index (χ2n) is 5.24. The number of nitro benzene ring substituents is 1. The molecule has 1 heterocycles. The molecule has 0 amide bonds. The van der Waals surface area contributed by atoms with Crippen molar-refractivity contribution in [1.82, 2.24) is 9.97 Å². The Morgan fingerprint density at radius 2 is 2.05 bits per heavy atom. The quantitative estimate of drug-likeness (QED) is 0.584. The molecule has 2 aromatic carbocycles. The van der Waals surface area contributed by atoms with Crippen LogP contribution in [0.2, 0.25) is 0 Å². The number of aromatic amines is 1. The number of benzene rings is 2. The molecule has 0 aliphatic carbocycles. The molecule has 1 aromatic heterocycles. The number of non-ortho nitro benzene ring substituents is 1. The lowest BCUT2D eigenvalue weighted by molar-refractivity contribution is -0.384. The minimum atomic E-state index is -0.420. The molecule has 1 N–H and O–H groups in total. The van der Waals surface area contributed by atoms with Gasteiger partial charge in [-0.05, 0) is 32.0 Å². The molecule has 6 heteroatoms. The van der Waals surface area contributed by atoms with Gasteiger partial charge < -0.3 is 9.72 Å². The van der Waals surface area contributed by atoms with Crippen molar-refractivity contribution in [2.45, 2.75) is 20.0 Å². The van der Waals surface area contributed by atoms with Gasteiger partial charge >= 0.3 is 0 Å². The Bertz CT molecular complexity index is 840. The first-order valence-corrected chi connectivity index (χ1v) is 6.94. The van der Waals surface area contributed by atoms with E-state index in [1.807, 2.05) is 38.1 Å². The second-order valence-corrected chi connectivity index (χ2v) is 5.24. The lowest BCUT2D eigenvalue weighted by Gasteiger charge is -2.10. The molecule has 0 atom stereocenters. The monoisotopic (exact) mass is 297 g/mol. The molecule has 0 saturated carbocycles. The van der Waals surface area contributed by atoms with Gasteiger partial charge in [0.15, 0.2) is 0 Å². The summed E-state index contributed by atoms with van der Waals surface area (Å²) < 4.78 is 5.67. The summed E-state index contributed by atoms with van der Waals surface area (Å²) in [7, 11) is 0. The highest BCUT2D eigenvalue weighted by molar-refractivity contribution is 5.81. The van der Waals surface area contributed by atoms with E-state index < -0.39 is 4.92 Å². The van der Waals surface area contributed by atoms with Crippen molar-refractivity contribution in [2.75, 3.05) is 0 Å². The lowest BCUT2D eigenvalue weighted by Crippen LogP contribution is -2.05. The molecular formula is C16H15N3O3. The number of ether oxygens (including phenoxy) is 1. The maximum atomic E-state index is 10.8. The molecule has 0 spiro atoms. The van der Waals surface area contributed by atoms with E-state index in [4.69, 9.17) is 4.74 Å². The van der Waals surface area contributed by atoms with Crippen LogP contribution in [0.5, 0.6) is 5.75 Å².